The van der Waals surface area contributed by atoms with Crippen molar-refractivity contribution < 1.29 is 27.8 Å². The number of ether oxygens (including phenoxy) is 3. The second-order valence-electron chi connectivity index (χ2n) is 4.46. The first kappa shape index (κ1) is 14.0. The molecule has 3 aromatic rings. The van der Waals surface area contributed by atoms with E-state index in [0.717, 1.165) is 6.07 Å². The normalized spacial score (nSPS) is 10.9. The molecular formula is C15H12O7. The second-order valence-corrected chi connectivity index (χ2v) is 4.46. The minimum Gasteiger partial charge on any atom is -0.495 e. The quantitative estimate of drug-likeness (QED) is 0.542. The van der Waals surface area contributed by atoms with Crippen molar-refractivity contribution in [3.05, 3.63) is 28.8 Å². The van der Waals surface area contributed by atoms with Crippen molar-refractivity contribution in [1.29, 1.82) is 0 Å². The topological polar surface area (TPSA) is 88.1 Å². The number of esters is 1. The third kappa shape index (κ3) is 1.98. The highest BCUT2D eigenvalue weighted by molar-refractivity contribution is 6.09. The lowest BCUT2D eigenvalue weighted by Crippen LogP contribution is -2.07. The van der Waals surface area contributed by atoms with Gasteiger partial charge in [0.25, 0.3) is 0 Å². The number of hydrogen-bond donors (Lipinski definition) is 0. The first-order chi connectivity index (χ1) is 10.6. The Morgan fingerprint density at radius 3 is 2.50 bits per heavy atom. The van der Waals surface area contributed by atoms with E-state index in [9.17, 15) is 9.59 Å². The van der Waals surface area contributed by atoms with Crippen molar-refractivity contribution in [3.63, 3.8) is 0 Å². The predicted molar refractivity (Wildman–Crippen MR) is 76.7 cm³/mol. The van der Waals surface area contributed by atoms with Crippen LogP contribution in [0.5, 0.6) is 17.2 Å². The molecule has 7 heteroatoms. The summed E-state index contributed by atoms with van der Waals surface area (Å²) >= 11 is 0. The standard InChI is InChI=1S/C15H12O7/c1-7(16)21-9-6-10(17)22-14-11(9)12(18-2)8-4-5-20-13(8)15(14)19-3/h4-6H,1-3H3. The van der Waals surface area contributed by atoms with E-state index in [-0.39, 0.29) is 17.1 Å². The highest BCUT2D eigenvalue weighted by Gasteiger charge is 2.24. The van der Waals surface area contributed by atoms with Gasteiger partial charge < -0.3 is 23.0 Å². The molecule has 0 aliphatic heterocycles. The molecule has 0 radical (unpaired) electrons. The van der Waals surface area contributed by atoms with E-state index in [0.29, 0.717) is 22.1 Å². The van der Waals surface area contributed by atoms with E-state index in [1.807, 2.05) is 0 Å². The van der Waals surface area contributed by atoms with E-state index in [2.05, 4.69) is 0 Å². The zero-order valence-electron chi connectivity index (χ0n) is 12.1. The van der Waals surface area contributed by atoms with Crippen LogP contribution in [0, 0.1) is 0 Å². The Labute approximate surface area is 124 Å². The molecule has 0 aliphatic rings. The van der Waals surface area contributed by atoms with Crippen LogP contribution in [0.4, 0.5) is 0 Å². The van der Waals surface area contributed by atoms with E-state index >= 15 is 0 Å². The lowest BCUT2D eigenvalue weighted by Gasteiger charge is -2.12. The maximum absolute atomic E-state index is 11.7. The molecule has 2 aromatic heterocycles. The van der Waals surface area contributed by atoms with Gasteiger partial charge in [-0.3, -0.25) is 4.79 Å². The molecule has 1 aromatic carbocycles. The average Bonchev–Trinajstić information content (AvgIpc) is 2.93. The third-order valence-corrected chi connectivity index (χ3v) is 3.14. The van der Waals surface area contributed by atoms with Crippen LogP contribution in [0.25, 0.3) is 21.9 Å². The minimum absolute atomic E-state index is 0.0389. The Hall–Kier alpha value is -2.96. The number of rotatable bonds is 3. The summed E-state index contributed by atoms with van der Waals surface area (Å²) in [5, 5.41) is 0.928. The molecule has 0 amide bonds. The Kier molecular flexibility index (Phi) is 3.25. The van der Waals surface area contributed by atoms with E-state index in [1.165, 1.54) is 27.4 Å². The van der Waals surface area contributed by atoms with Crippen LogP contribution in [0.15, 0.2) is 32.0 Å². The fraction of sp³-hybridized carbons (Fsp3) is 0.200. The summed E-state index contributed by atoms with van der Waals surface area (Å²) in [6.45, 7) is 1.24. The number of carbonyl (C=O) groups is 1. The van der Waals surface area contributed by atoms with Crippen molar-refractivity contribution in [2.45, 2.75) is 6.92 Å². The molecule has 22 heavy (non-hydrogen) atoms. The van der Waals surface area contributed by atoms with Gasteiger partial charge in [-0.2, -0.15) is 0 Å². The lowest BCUT2D eigenvalue weighted by molar-refractivity contribution is -0.131. The molecular weight excluding hydrogens is 292 g/mol. The summed E-state index contributed by atoms with van der Waals surface area (Å²) < 4.78 is 26.4. The summed E-state index contributed by atoms with van der Waals surface area (Å²) in [6.07, 6.45) is 1.46. The molecule has 0 spiro atoms. The molecule has 0 aliphatic carbocycles. The molecule has 0 atom stereocenters. The molecule has 0 fully saturated rings. The Morgan fingerprint density at radius 1 is 1.14 bits per heavy atom. The highest BCUT2D eigenvalue weighted by Crippen LogP contribution is 2.45. The maximum atomic E-state index is 11.7. The smallest absolute Gasteiger partial charge is 0.340 e. The summed E-state index contributed by atoms with van der Waals surface area (Å²) in [5.74, 6) is 0.0543. The SMILES string of the molecule is COc1c2occc2c(OC)c2c(OC(C)=O)cc(=O)oc12. The highest BCUT2D eigenvalue weighted by atomic mass is 16.5. The fourth-order valence-corrected chi connectivity index (χ4v) is 2.38. The van der Waals surface area contributed by atoms with Crippen LogP contribution < -0.4 is 19.8 Å². The molecule has 114 valence electrons. The fourth-order valence-electron chi connectivity index (χ4n) is 2.38. The number of benzene rings is 1. The van der Waals surface area contributed by atoms with Crippen LogP contribution in [0.3, 0.4) is 0 Å². The number of hydrogen-bond acceptors (Lipinski definition) is 7. The third-order valence-electron chi connectivity index (χ3n) is 3.14. The van der Waals surface area contributed by atoms with Gasteiger partial charge in [0.2, 0.25) is 5.75 Å². The van der Waals surface area contributed by atoms with Crippen molar-refractivity contribution in [2.75, 3.05) is 14.2 Å². The molecule has 7 nitrogen and oxygen atoms in total. The van der Waals surface area contributed by atoms with Crippen LogP contribution in [0.2, 0.25) is 0 Å². The first-order valence-corrected chi connectivity index (χ1v) is 6.34. The molecule has 2 heterocycles. The number of furan rings is 1. The Balaban J connectivity index is 2.57. The molecule has 0 unspecified atom stereocenters. The van der Waals surface area contributed by atoms with E-state index in [4.69, 9.17) is 23.0 Å². The van der Waals surface area contributed by atoms with E-state index in [1.54, 1.807) is 6.07 Å². The van der Waals surface area contributed by atoms with Crippen LogP contribution in [-0.4, -0.2) is 20.2 Å². The molecule has 0 saturated carbocycles. The Bertz CT molecular complexity index is 932. The molecule has 0 bridgehead atoms. The van der Waals surface area contributed by atoms with Gasteiger partial charge in [0.1, 0.15) is 11.1 Å². The van der Waals surface area contributed by atoms with Crippen molar-refractivity contribution in [3.8, 4) is 17.2 Å². The predicted octanol–water partition coefficient (Wildman–Crippen LogP) is 2.48. The molecule has 0 N–H and O–H groups in total. The van der Waals surface area contributed by atoms with Gasteiger partial charge >= 0.3 is 11.6 Å². The van der Waals surface area contributed by atoms with Gasteiger partial charge in [-0.15, -0.1) is 0 Å². The zero-order valence-corrected chi connectivity index (χ0v) is 12.1. The van der Waals surface area contributed by atoms with Gasteiger partial charge in [0.15, 0.2) is 16.9 Å². The monoisotopic (exact) mass is 304 g/mol. The minimum atomic E-state index is -0.685. The zero-order chi connectivity index (χ0) is 15.9. The van der Waals surface area contributed by atoms with Gasteiger partial charge in [0, 0.05) is 6.92 Å². The summed E-state index contributed by atoms with van der Waals surface area (Å²) in [6, 6.07) is 2.76. The Morgan fingerprint density at radius 2 is 1.86 bits per heavy atom. The number of fused-ring (bicyclic) bond motifs is 2. The van der Waals surface area contributed by atoms with Gasteiger partial charge in [-0.1, -0.05) is 0 Å². The number of carbonyl (C=O) groups excluding carboxylic acids is 1. The summed E-state index contributed by atoms with van der Waals surface area (Å²) in [4.78, 5) is 23.0. The molecule has 3 rings (SSSR count). The van der Waals surface area contributed by atoms with Crippen molar-refractivity contribution in [2.24, 2.45) is 0 Å². The van der Waals surface area contributed by atoms with Gasteiger partial charge in [-0.05, 0) is 6.07 Å². The van der Waals surface area contributed by atoms with Crippen LogP contribution >= 0.6 is 0 Å². The summed E-state index contributed by atoms with van der Waals surface area (Å²) in [7, 11) is 2.87. The van der Waals surface area contributed by atoms with Crippen LogP contribution in [0.1, 0.15) is 6.92 Å². The number of methoxy groups -OCH3 is 2. The maximum Gasteiger partial charge on any atom is 0.340 e. The second kappa shape index (κ2) is 5.10. The summed E-state index contributed by atoms with van der Waals surface area (Å²) in [5.41, 5.74) is -0.226. The lowest BCUT2D eigenvalue weighted by atomic mass is 10.1. The van der Waals surface area contributed by atoms with Crippen molar-refractivity contribution in [1.82, 2.24) is 0 Å². The van der Waals surface area contributed by atoms with Gasteiger partial charge in [-0.25, -0.2) is 4.79 Å². The van der Waals surface area contributed by atoms with Crippen molar-refractivity contribution >= 4 is 27.9 Å². The van der Waals surface area contributed by atoms with Crippen LogP contribution in [-0.2, 0) is 4.79 Å². The largest absolute Gasteiger partial charge is 0.495 e. The first-order valence-electron chi connectivity index (χ1n) is 6.34. The molecule has 0 saturated heterocycles. The van der Waals surface area contributed by atoms with Gasteiger partial charge in [0.05, 0.1) is 31.9 Å². The average molecular weight is 304 g/mol. The van der Waals surface area contributed by atoms with E-state index < -0.39 is 11.6 Å².